The SMILES string of the molecule is CNS(=O)(=O)c1ccc(C)cc1.COc1ccc(C)cc1S(N)(=O)=O.COc1ccc(C)cc1S(N)(=O)=O.Cc1cc(C)cc(C)c1.Cc1cc(F)cc(C#N)c1.Cc1ccc(C)c(C)c1.Cc1ccc(C)c(C)c1.Cc1cccc(C)c1C.Cc1ccccc1NS(C)(=O)=O. The fourth-order valence-electron chi connectivity index (χ4n) is 8.42. The van der Waals surface area contributed by atoms with E-state index in [1.807, 2.05) is 32.0 Å². The third-order valence-electron chi connectivity index (χ3n) is 14.0. The number of hydrogen-bond acceptors (Lipinski definition) is 11. The van der Waals surface area contributed by atoms with E-state index in [1.54, 1.807) is 87.5 Å². The van der Waals surface area contributed by atoms with Gasteiger partial charge in [0.2, 0.25) is 40.1 Å². The molecule has 0 unspecified atom stereocenters. The molecule has 518 valence electrons. The van der Waals surface area contributed by atoms with Gasteiger partial charge < -0.3 is 9.47 Å². The zero-order valence-corrected chi connectivity index (χ0v) is 62.7. The first-order chi connectivity index (χ1) is 44.5. The zero-order valence-electron chi connectivity index (χ0n) is 59.4. The lowest BCUT2D eigenvalue weighted by Crippen LogP contribution is -2.18. The lowest BCUT2D eigenvalue weighted by Gasteiger charge is -2.06. The number of rotatable bonds is 8. The molecule has 9 aromatic rings. The molecule has 0 radical (unpaired) electrons. The molecule has 0 amide bonds. The first-order valence-electron chi connectivity index (χ1n) is 30.2. The van der Waals surface area contributed by atoms with Crippen molar-refractivity contribution >= 4 is 45.8 Å². The van der Waals surface area contributed by atoms with Gasteiger partial charge in [-0.2, -0.15) is 5.26 Å². The molecule has 0 atom stereocenters. The normalized spacial score (nSPS) is 10.4. The van der Waals surface area contributed by atoms with Crippen molar-refractivity contribution in [2.24, 2.45) is 10.3 Å². The minimum Gasteiger partial charge on any atom is -0.495 e. The number of benzene rings is 9. The summed E-state index contributed by atoms with van der Waals surface area (Å²) in [5.74, 6) is 0.192. The number of methoxy groups -OCH3 is 2. The number of anilines is 1. The second-order valence-electron chi connectivity index (χ2n) is 23.1. The lowest BCUT2D eigenvalue weighted by molar-refractivity contribution is 0.402. The summed E-state index contributed by atoms with van der Waals surface area (Å²) in [6, 6.07) is 55.6. The van der Waals surface area contributed by atoms with Crippen molar-refractivity contribution in [2.75, 3.05) is 32.2 Å². The van der Waals surface area contributed by atoms with Gasteiger partial charge in [-0.1, -0.05) is 149 Å². The molecule has 6 N–H and O–H groups in total. The van der Waals surface area contributed by atoms with E-state index < -0.39 is 40.1 Å². The molecule has 0 aliphatic carbocycles. The molecule has 96 heavy (non-hydrogen) atoms. The summed E-state index contributed by atoms with van der Waals surface area (Å²) in [6.07, 6.45) is 1.14. The maximum Gasteiger partial charge on any atom is 0.241 e. The van der Waals surface area contributed by atoms with Gasteiger partial charge in [0.15, 0.2) is 0 Å². The summed E-state index contributed by atoms with van der Waals surface area (Å²) in [6.45, 7) is 34.7. The van der Waals surface area contributed by atoms with Crippen molar-refractivity contribution in [3.05, 3.63) is 282 Å². The Morgan fingerprint density at radius 2 is 0.760 bits per heavy atom. The lowest BCUT2D eigenvalue weighted by atomic mass is 10.1. The molecule has 0 fully saturated rings. The summed E-state index contributed by atoms with van der Waals surface area (Å²) in [5.41, 5.74) is 21.9. The fourth-order valence-corrected chi connectivity index (χ4v) is 11.3. The Balaban J connectivity index is 0.000000542. The van der Waals surface area contributed by atoms with Gasteiger partial charge in [-0.3, -0.25) is 4.72 Å². The number of halogens is 1. The predicted octanol–water partition coefficient (Wildman–Crippen LogP) is 16.0. The number of nitrogens with zero attached hydrogens (tertiary/aromatic N) is 1. The Kier molecular flexibility index (Phi) is 36.3. The number of nitrogens with one attached hydrogen (secondary N) is 2. The van der Waals surface area contributed by atoms with Crippen LogP contribution in [0.1, 0.15) is 100 Å². The predicted molar refractivity (Wildman–Crippen MR) is 394 cm³/mol. The number of primary sulfonamides is 2. The summed E-state index contributed by atoms with van der Waals surface area (Å²) >= 11 is 0. The highest BCUT2D eigenvalue weighted by Gasteiger charge is 2.16. The van der Waals surface area contributed by atoms with Crippen LogP contribution in [0, 0.1) is 135 Å². The van der Waals surface area contributed by atoms with E-state index in [2.05, 4.69) is 165 Å². The van der Waals surface area contributed by atoms with Gasteiger partial charge in [-0.15, -0.1) is 0 Å². The molecule has 0 bridgehead atoms. The number of para-hydroxylation sites is 1. The number of nitriles is 1. The van der Waals surface area contributed by atoms with Crippen LogP contribution in [0.25, 0.3) is 0 Å². The molecular weight excluding hydrogens is 1290 g/mol. The van der Waals surface area contributed by atoms with Gasteiger partial charge in [0, 0.05) is 0 Å². The van der Waals surface area contributed by atoms with Crippen LogP contribution in [0.3, 0.4) is 0 Å². The minimum atomic E-state index is -3.69. The van der Waals surface area contributed by atoms with Crippen LogP contribution < -0.4 is 29.2 Å². The quantitative estimate of drug-likeness (QED) is 0.111. The maximum atomic E-state index is 12.5. The second kappa shape index (κ2) is 40.8. The molecule has 0 saturated heterocycles. The van der Waals surface area contributed by atoms with Gasteiger partial charge in [-0.05, 0) is 247 Å². The first kappa shape index (κ1) is 85.5. The average molecular weight is 1390 g/mol. The number of nitrogens with two attached hydrogens (primary N) is 2. The van der Waals surface area contributed by atoms with Crippen molar-refractivity contribution in [1.82, 2.24) is 4.72 Å². The van der Waals surface area contributed by atoms with E-state index in [0.29, 0.717) is 16.1 Å². The summed E-state index contributed by atoms with van der Waals surface area (Å²) in [7, 11) is -9.60. The zero-order chi connectivity index (χ0) is 73.5. The molecule has 15 nitrogen and oxygen atoms in total. The Labute approximate surface area is 574 Å². The highest BCUT2D eigenvalue weighted by molar-refractivity contribution is 7.92. The molecule has 0 saturated carbocycles. The Bertz CT molecular complexity index is 4280. The third kappa shape index (κ3) is 33.7. The van der Waals surface area contributed by atoms with E-state index in [4.69, 9.17) is 25.0 Å². The van der Waals surface area contributed by atoms with Crippen molar-refractivity contribution in [1.29, 1.82) is 5.26 Å². The maximum absolute atomic E-state index is 12.5. The molecule has 0 spiro atoms. The van der Waals surface area contributed by atoms with Crippen molar-refractivity contribution < 1.29 is 47.5 Å². The largest absolute Gasteiger partial charge is 0.495 e. The standard InChI is InChI=1S/4C9H12.C8H6FN.2C8H11NO3S.2C8H11NO2S/c1-7-4-8(2)6-9(3)5-7;2*1-7-4-5-8(2)9(3)6-7;1-7-5-4-6-8(2)9(7)3;1-6-2-7(5-10)4-8(9)3-6;2*1-6-3-4-7(12-2)8(5-6)13(9,10)11;1-7-3-5-8(6-4-7)12(10,11)9-2;1-7-5-3-4-6-8(7)9-12(2,10)11/h4*4-6H,1-3H3;2-4H,1H3;2*3-5H,1-2H3,(H2,9,10,11);2*3-6,9H,1-2H3. The van der Waals surface area contributed by atoms with E-state index in [-0.39, 0.29) is 27.1 Å². The van der Waals surface area contributed by atoms with Crippen molar-refractivity contribution in [2.45, 2.75) is 132 Å². The van der Waals surface area contributed by atoms with Crippen molar-refractivity contribution in [3.8, 4) is 17.6 Å². The van der Waals surface area contributed by atoms with E-state index in [9.17, 15) is 38.1 Å². The summed E-state index contributed by atoms with van der Waals surface area (Å²) < 4.78 is 115. The fraction of sp³-hybridized carbons (Fsp3) is 0.276. The molecule has 0 aromatic heterocycles. The Hall–Kier alpha value is -8.52. The summed E-state index contributed by atoms with van der Waals surface area (Å²) in [5, 5.41) is 18.4. The van der Waals surface area contributed by atoms with Gasteiger partial charge in [0.05, 0.1) is 42.7 Å². The molecular formula is C76H98FN5O10S4. The Morgan fingerprint density at radius 1 is 0.396 bits per heavy atom. The van der Waals surface area contributed by atoms with Gasteiger partial charge in [0.1, 0.15) is 27.1 Å². The van der Waals surface area contributed by atoms with Crippen LogP contribution in [0.15, 0.2) is 191 Å². The smallest absolute Gasteiger partial charge is 0.241 e. The molecule has 9 aromatic carbocycles. The van der Waals surface area contributed by atoms with Gasteiger partial charge in [0.25, 0.3) is 0 Å². The van der Waals surface area contributed by atoms with Gasteiger partial charge in [-0.25, -0.2) is 53.1 Å². The second-order valence-corrected chi connectivity index (χ2v) is 29.8. The van der Waals surface area contributed by atoms with E-state index >= 15 is 0 Å². The molecule has 0 heterocycles. The van der Waals surface area contributed by atoms with Crippen molar-refractivity contribution in [3.63, 3.8) is 0 Å². The van der Waals surface area contributed by atoms with Crippen LogP contribution in [0.5, 0.6) is 11.5 Å². The van der Waals surface area contributed by atoms with E-state index in [0.717, 1.165) is 34.1 Å². The van der Waals surface area contributed by atoms with Crippen LogP contribution >= 0.6 is 0 Å². The molecule has 9 rings (SSSR count). The summed E-state index contributed by atoms with van der Waals surface area (Å²) in [4.78, 5) is 0.348. The Morgan fingerprint density at radius 3 is 1.08 bits per heavy atom. The number of aryl methyl sites for hydroxylation is 16. The van der Waals surface area contributed by atoms with Crippen LogP contribution in [-0.2, 0) is 40.1 Å². The highest BCUT2D eigenvalue weighted by atomic mass is 32.2. The average Bonchev–Trinajstić information content (AvgIpc) is 0.875. The highest BCUT2D eigenvalue weighted by Crippen LogP contribution is 2.25. The molecule has 20 heteroatoms. The number of hydrogen-bond donors (Lipinski definition) is 4. The molecule has 0 aliphatic heterocycles. The van der Waals surface area contributed by atoms with Crippen LogP contribution in [0.4, 0.5) is 10.1 Å². The number of sulfonamides is 4. The molecule has 0 aliphatic rings. The van der Waals surface area contributed by atoms with E-state index in [1.165, 1.54) is 112 Å². The minimum absolute atomic E-state index is 0.0231. The monoisotopic (exact) mass is 1390 g/mol. The first-order valence-corrected chi connectivity index (χ1v) is 36.6. The third-order valence-corrected chi connectivity index (χ3v) is 17.9. The topological polar surface area (TPSA) is 255 Å². The van der Waals surface area contributed by atoms with Gasteiger partial charge >= 0.3 is 0 Å². The van der Waals surface area contributed by atoms with Crippen LogP contribution in [-0.4, -0.2) is 61.2 Å². The number of ether oxygens (including phenoxy) is 2. The van der Waals surface area contributed by atoms with Crippen LogP contribution in [0.2, 0.25) is 0 Å².